The van der Waals surface area contributed by atoms with Crippen LogP contribution in [0.1, 0.15) is 13.3 Å². The van der Waals surface area contributed by atoms with Gasteiger partial charge < -0.3 is 0 Å². The minimum Gasteiger partial charge on any atom is -0.249 e. The molecular formula is C7H10N3. The predicted molar refractivity (Wildman–Crippen MR) is 39.0 cm³/mol. The summed E-state index contributed by atoms with van der Waals surface area (Å²) in [5.41, 5.74) is 0. The van der Waals surface area contributed by atoms with Crippen LogP contribution in [0.15, 0.2) is 18.5 Å². The Hall–Kier alpha value is -1.12. The van der Waals surface area contributed by atoms with Gasteiger partial charge in [-0.05, 0) is 12.5 Å². The van der Waals surface area contributed by atoms with Crippen LogP contribution in [0.2, 0.25) is 0 Å². The molecule has 1 heterocycles. The van der Waals surface area contributed by atoms with Gasteiger partial charge in [0.15, 0.2) is 0 Å². The molecule has 1 rings (SSSR count). The van der Waals surface area contributed by atoms with Crippen LogP contribution in [-0.4, -0.2) is 16.5 Å². The average Bonchev–Trinajstić information content (AvgIpc) is 2.03. The average molecular weight is 136 g/mol. The number of nitrogens with zero attached hydrogens (tertiary/aromatic N) is 3. The molecule has 53 valence electrons. The molecule has 1 aromatic rings. The van der Waals surface area contributed by atoms with Crippen LogP contribution < -0.4 is 5.32 Å². The van der Waals surface area contributed by atoms with Crippen molar-refractivity contribution in [2.75, 3.05) is 6.54 Å². The standard InChI is InChI=1S/C7H10N3/c1-2-4-8-7-9-5-3-6-10-7/h3,5-6H,2,4H2,1H3. The van der Waals surface area contributed by atoms with Gasteiger partial charge in [0.2, 0.25) is 5.95 Å². The Balaban J connectivity index is 2.43. The van der Waals surface area contributed by atoms with Gasteiger partial charge in [0.25, 0.3) is 0 Å². The molecule has 0 aliphatic carbocycles. The first-order valence-corrected chi connectivity index (χ1v) is 3.38. The van der Waals surface area contributed by atoms with Gasteiger partial charge >= 0.3 is 0 Å². The maximum absolute atomic E-state index is 4.10. The first-order chi connectivity index (χ1) is 4.93. The third-order valence-electron chi connectivity index (χ3n) is 1.03. The fraction of sp³-hybridized carbons (Fsp3) is 0.429. The molecule has 3 nitrogen and oxygen atoms in total. The summed E-state index contributed by atoms with van der Waals surface area (Å²) in [7, 11) is 0. The fourth-order valence-corrected chi connectivity index (χ4v) is 0.585. The van der Waals surface area contributed by atoms with Gasteiger partial charge in [-0.15, -0.1) is 0 Å². The Morgan fingerprint density at radius 3 is 2.70 bits per heavy atom. The first kappa shape index (κ1) is 6.99. The van der Waals surface area contributed by atoms with E-state index in [-0.39, 0.29) is 0 Å². The van der Waals surface area contributed by atoms with Gasteiger partial charge in [-0.1, -0.05) is 6.92 Å². The van der Waals surface area contributed by atoms with E-state index in [1.807, 2.05) is 0 Å². The van der Waals surface area contributed by atoms with E-state index in [2.05, 4.69) is 22.2 Å². The largest absolute Gasteiger partial charge is 0.249 e. The molecule has 0 fully saturated rings. The maximum atomic E-state index is 4.10. The summed E-state index contributed by atoms with van der Waals surface area (Å²) < 4.78 is 0. The molecule has 0 aromatic carbocycles. The molecule has 3 heteroatoms. The molecule has 0 saturated carbocycles. The molecule has 0 spiro atoms. The molecule has 1 aromatic heterocycles. The summed E-state index contributed by atoms with van der Waals surface area (Å²) in [6.45, 7) is 2.89. The minimum atomic E-state index is 0.587. The number of hydrogen-bond acceptors (Lipinski definition) is 2. The normalized spacial score (nSPS) is 9.30. The van der Waals surface area contributed by atoms with Crippen molar-refractivity contribution in [3.05, 3.63) is 18.5 Å². The number of rotatable bonds is 3. The molecular weight excluding hydrogens is 126 g/mol. The van der Waals surface area contributed by atoms with Crippen LogP contribution >= 0.6 is 0 Å². The summed E-state index contributed by atoms with van der Waals surface area (Å²) in [6.07, 6.45) is 4.43. The van der Waals surface area contributed by atoms with Gasteiger partial charge in [-0.25, -0.2) is 15.3 Å². The second-order valence-electron chi connectivity index (χ2n) is 1.93. The Morgan fingerprint density at radius 1 is 1.40 bits per heavy atom. The molecule has 0 unspecified atom stereocenters. The van der Waals surface area contributed by atoms with Crippen LogP contribution in [0.5, 0.6) is 0 Å². The highest BCUT2D eigenvalue weighted by molar-refractivity contribution is 5.09. The van der Waals surface area contributed by atoms with Crippen molar-refractivity contribution in [1.82, 2.24) is 15.3 Å². The van der Waals surface area contributed by atoms with E-state index in [0.29, 0.717) is 5.95 Å². The molecule has 0 aliphatic heterocycles. The van der Waals surface area contributed by atoms with Crippen molar-refractivity contribution in [1.29, 1.82) is 0 Å². The SMILES string of the molecule is CCC[N]c1ncccn1. The highest BCUT2D eigenvalue weighted by Gasteiger charge is 1.90. The van der Waals surface area contributed by atoms with Gasteiger partial charge in [-0.2, -0.15) is 0 Å². The zero-order chi connectivity index (χ0) is 7.23. The molecule has 0 amide bonds. The van der Waals surface area contributed by atoms with Crippen LogP contribution in [0.25, 0.3) is 0 Å². The van der Waals surface area contributed by atoms with E-state index in [1.165, 1.54) is 0 Å². The molecule has 0 atom stereocenters. The van der Waals surface area contributed by atoms with Crippen LogP contribution in [0.3, 0.4) is 0 Å². The summed E-state index contributed by atoms with van der Waals surface area (Å²) in [4.78, 5) is 7.88. The lowest BCUT2D eigenvalue weighted by Crippen LogP contribution is -2.01. The lowest BCUT2D eigenvalue weighted by molar-refractivity contribution is 0.768. The Morgan fingerprint density at radius 2 is 2.10 bits per heavy atom. The van der Waals surface area contributed by atoms with E-state index in [0.717, 1.165) is 13.0 Å². The van der Waals surface area contributed by atoms with E-state index in [9.17, 15) is 0 Å². The van der Waals surface area contributed by atoms with Gasteiger partial charge in [0.05, 0.1) is 0 Å². The van der Waals surface area contributed by atoms with Crippen molar-refractivity contribution in [2.24, 2.45) is 0 Å². The summed E-state index contributed by atoms with van der Waals surface area (Å²) in [6, 6.07) is 1.78. The smallest absolute Gasteiger partial charge is 0.244 e. The van der Waals surface area contributed by atoms with Gasteiger partial charge in [-0.3, -0.25) is 0 Å². The lowest BCUT2D eigenvalue weighted by Gasteiger charge is -1.95. The summed E-state index contributed by atoms with van der Waals surface area (Å²) in [5.74, 6) is 0.587. The lowest BCUT2D eigenvalue weighted by atomic mass is 10.5. The zero-order valence-electron chi connectivity index (χ0n) is 5.99. The van der Waals surface area contributed by atoms with Crippen molar-refractivity contribution >= 4 is 5.95 Å². The quantitative estimate of drug-likeness (QED) is 0.624. The Labute approximate surface area is 60.5 Å². The predicted octanol–water partition coefficient (Wildman–Crippen LogP) is 1.12. The second kappa shape index (κ2) is 3.82. The van der Waals surface area contributed by atoms with Gasteiger partial charge in [0, 0.05) is 18.9 Å². The number of hydrogen-bond donors (Lipinski definition) is 0. The van der Waals surface area contributed by atoms with E-state index >= 15 is 0 Å². The van der Waals surface area contributed by atoms with Crippen molar-refractivity contribution in [2.45, 2.75) is 13.3 Å². The molecule has 0 bridgehead atoms. The minimum absolute atomic E-state index is 0.587. The van der Waals surface area contributed by atoms with Crippen molar-refractivity contribution in [3.63, 3.8) is 0 Å². The van der Waals surface area contributed by atoms with Crippen LogP contribution in [0, 0.1) is 0 Å². The molecule has 10 heavy (non-hydrogen) atoms. The fourth-order valence-electron chi connectivity index (χ4n) is 0.585. The van der Waals surface area contributed by atoms with Crippen molar-refractivity contribution in [3.8, 4) is 0 Å². The first-order valence-electron chi connectivity index (χ1n) is 3.38. The number of aromatic nitrogens is 2. The topological polar surface area (TPSA) is 39.9 Å². The van der Waals surface area contributed by atoms with Crippen LogP contribution in [-0.2, 0) is 0 Å². The highest BCUT2D eigenvalue weighted by atomic mass is 15.1. The maximum Gasteiger partial charge on any atom is 0.244 e. The molecule has 1 radical (unpaired) electrons. The zero-order valence-corrected chi connectivity index (χ0v) is 5.99. The highest BCUT2D eigenvalue weighted by Crippen LogP contribution is 1.93. The van der Waals surface area contributed by atoms with E-state index in [4.69, 9.17) is 0 Å². The second-order valence-corrected chi connectivity index (χ2v) is 1.93. The van der Waals surface area contributed by atoms with Gasteiger partial charge in [0.1, 0.15) is 0 Å². The Bertz CT molecular complexity index is 173. The molecule has 0 aliphatic rings. The van der Waals surface area contributed by atoms with E-state index in [1.54, 1.807) is 18.5 Å². The third kappa shape index (κ3) is 2.01. The van der Waals surface area contributed by atoms with Crippen LogP contribution in [0.4, 0.5) is 5.95 Å². The third-order valence-corrected chi connectivity index (χ3v) is 1.03. The molecule has 0 N–H and O–H groups in total. The monoisotopic (exact) mass is 136 g/mol. The van der Waals surface area contributed by atoms with Crippen molar-refractivity contribution < 1.29 is 0 Å². The summed E-state index contributed by atoms with van der Waals surface area (Å²) in [5, 5.41) is 4.10. The Kier molecular flexibility index (Phi) is 2.67. The summed E-state index contributed by atoms with van der Waals surface area (Å²) >= 11 is 0. The van der Waals surface area contributed by atoms with E-state index < -0.39 is 0 Å². The molecule has 0 saturated heterocycles.